The summed E-state index contributed by atoms with van der Waals surface area (Å²) in [5.74, 6) is 0.591. The Morgan fingerprint density at radius 1 is 1.32 bits per heavy atom. The number of hydrogen-bond acceptors (Lipinski definition) is 1. The summed E-state index contributed by atoms with van der Waals surface area (Å²) >= 11 is 0. The maximum atomic E-state index is 12.8. The first-order chi connectivity index (χ1) is 8.87. The SMILES string of the molecule is CCNCC1(c2cccc(C(F)(F)F)c2)CC(C)C1. The predicted molar refractivity (Wildman–Crippen MR) is 70.1 cm³/mol. The van der Waals surface area contributed by atoms with Gasteiger partial charge >= 0.3 is 6.18 Å². The fourth-order valence-electron chi connectivity index (χ4n) is 3.15. The molecular formula is C15H20F3N. The fraction of sp³-hybridized carbons (Fsp3) is 0.600. The van der Waals surface area contributed by atoms with E-state index in [4.69, 9.17) is 0 Å². The molecule has 0 radical (unpaired) electrons. The van der Waals surface area contributed by atoms with E-state index in [1.807, 2.05) is 13.0 Å². The number of alkyl halides is 3. The summed E-state index contributed by atoms with van der Waals surface area (Å²) in [6.07, 6.45) is -2.34. The van der Waals surface area contributed by atoms with Crippen LogP contribution in [0.15, 0.2) is 24.3 Å². The minimum Gasteiger partial charge on any atom is -0.316 e. The summed E-state index contributed by atoms with van der Waals surface area (Å²) in [6.45, 7) is 5.77. The monoisotopic (exact) mass is 271 g/mol. The average molecular weight is 271 g/mol. The zero-order valence-electron chi connectivity index (χ0n) is 11.3. The molecule has 1 N–H and O–H groups in total. The van der Waals surface area contributed by atoms with Crippen LogP contribution in [0.1, 0.15) is 37.8 Å². The number of nitrogens with one attached hydrogen (secondary N) is 1. The second-order valence-corrected chi connectivity index (χ2v) is 5.65. The number of benzene rings is 1. The van der Waals surface area contributed by atoms with E-state index in [0.717, 1.165) is 37.6 Å². The third-order valence-corrected chi connectivity index (χ3v) is 3.99. The van der Waals surface area contributed by atoms with E-state index in [0.29, 0.717) is 5.92 Å². The molecule has 0 amide bonds. The topological polar surface area (TPSA) is 12.0 Å². The highest BCUT2D eigenvalue weighted by Gasteiger charge is 2.43. The van der Waals surface area contributed by atoms with E-state index in [9.17, 15) is 13.2 Å². The van der Waals surface area contributed by atoms with Crippen molar-refractivity contribution in [1.29, 1.82) is 0 Å². The van der Waals surface area contributed by atoms with Gasteiger partial charge in [-0.05, 0) is 36.9 Å². The molecule has 1 aliphatic rings. The lowest BCUT2D eigenvalue weighted by Gasteiger charge is -2.47. The number of likely N-dealkylation sites (N-methyl/N-ethyl adjacent to an activating group) is 1. The van der Waals surface area contributed by atoms with Gasteiger partial charge in [-0.3, -0.25) is 0 Å². The number of hydrogen-bond donors (Lipinski definition) is 1. The van der Waals surface area contributed by atoms with E-state index in [2.05, 4.69) is 12.2 Å². The van der Waals surface area contributed by atoms with Gasteiger partial charge in [-0.15, -0.1) is 0 Å². The minimum absolute atomic E-state index is 0.114. The largest absolute Gasteiger partial charge is 0.416 e. The lowest BCUT2D eigenvalue weighted by Crippen LogP contribution is -2.47. The molecule has 0 atom stereocenters. The zero-order chi connectivity index (χ0) is 14.1. The third kappa shape index (κ3) is 2.94. The van der Waals surface area contributed by atoms with E-state index in [1.54, 1.807) is 0 Å². The summed E-state index contributed by atoms with van der Waals surface area (Å²) < 4.78 is 38.4. The van der Waals surface area contributed by atoms with Gasteiger partial charge in [0, 0.05) is 12.0 Å². The van der Waals surface area contributed by atoms with Crippen LogP contribution in [0, 0.1) is 5.92 Å². The molecule has 1 aromatic rings. The van der Waals surface area contributed by atoms with Gasteiger partial charge in [-0.25, -0.2) is 0 Å². The average Bonchev–Trinajstić information content (AvgIpc) is 2.32. The molecule has 1 aliphatic carbocycles. The molecule has 1 aromatic carbocycles. The first-order valence-corrected chi connectivity index (χ1v) is 6.76. The van der Waals surface area contributed by atoms with Gasteiger partial charge in [-0.2, -0.15) is 13.2 Å². The maximum absolute atomic E-state index is 12.8. The predicted octanol–water partition coefficient (Wildman–Crippen LogP) is 3.98. The van der Waals surface area contributed by atoms with Gasteiger partial charge in [0.2, 0.25) is 0 Å². The van der Waals surface area contributed by atoms with Gasteiger partial charge in [0.15, 0.2) is 0 Å². The van der Waals surface area contributed by atoms with Gasteiger partial charge in [-0.1, -0.05) is 32.0 Å². The fourth-order valence-corrected chi connectivity index (χ4v) is 3.15. The molecule has 1 fully saturated rings. The van der Waals surface area contributed by atoms with Crippen molar-refractivity contribution in [3.63, 3.8) is 0 Å². The molecule has 19 heavy (non-hydrogen) atoms. The molecular weight excluding hydrogens is 251 g/mol. The smallest absolute Gasteiger partial charge is 0.316 e. The number of halogens is 3. The number of rotatable bonds is 4. The highest BCUT2D eigenvalue weighted by atomic mass is 19.4. The van der Waals surface area contributed by atoms with Crippen molar-refractivity contribution >= 4 is 0 Å². The standard InChI is InChI=1S/C15H20F3N/c1-3-19-10-14(8-11(2)9-14)12-5-4-6-13(7-12)15(16,17)18/h4-7,11,19H,3,8-10H2,1-2H3. The lowest BCUT2D eigenvalue weighted by molar-refractivity contribution is -0.137. The van der Waals surface area contributed by atoms with Gasteiger partial charge in [0.05, 0.1) is 5.56 Å². The molecule has 4 heteroatoms. The van der Waals surface area contributed by atoms with Crippen LogP contribution in [0.5, 0.6) is 0 Å². The van der Waals surface area contributed by atoms with E-state index in [1.165, 1.54) is 12.1 Å². The third-order valence-electron chi connectivity index (χ3n) is 3.99. The summed E-state index contributed by atoms with van der Waals surface area (Å²) in [5.41, 5.74) is 0.165. The maximum Gasteiger partial charge on any atom is 0.416 e. The highest BCUT2D eigenvalue weighted by molar-refractivity contribution is 5.34. The molecule has 0 unspecified atom stereocenters. The van der Waals surface area contributed by atoms with Crippen molar-refractivity contribution < 1.29 is 13.2 Å². The van der Waals surface area contributed by atoms with Crippen molar-refractivity contribution in [3.05, 3.63) is 35.4 Å². The molecule has 0 bridgehead atoms. The molecule has 0 saturated heterocycles. The van der Waals surface area contributed by atoms with Gasteiger partial charge in [0.25, 0.3) is 0 Å². The summed E-state index contributed by atoms with van der Waals surface area (Å²) in [6, 6.07) is 5.82. The molecule has 0 aromatic heterocycles. The highest BCUT2D eigenvalue weighted by Crippen LogP contribution is 2.48. The van der Waals surface area contributed by atoms with Crippen LogP contribution < -0.4 is 5.32 Å². The van der Waals surface area contributed by atoms with Crippen molar-refractivity contribution in [3.8, 4) is 0 Å². The lowest BCUT2D eigenvalue weighted by atomic mass is 9.59. The quantitative estimate of drug-likeness (QED) is 0.873. The Balaban J connectivity index is 2.28. The molecule has 1 saturated carbocycles. The molecule has 106 valence electrons. The summed E-state index contributed by atoms with van der Waals surface area (Å²) in [7, 11) is 0. The van der Waals surface area contributed by atoms with Gasteiger partial charge < -0.3 is 5.32 Å². The van der Waals surface area contributed by atoms with Gasteiger partial charge in [0.1, 0.15) is 0 Å². The van der Waals surface area contributed by atoms with Crippen LogP contribution in [0.3, 0.4) is 0 Å². The first-order valence-electron chi connectivity index (χ1n) is 6.76. The molecule has 2 rings (SSSR count). The minimum atomic E-state index is -4.26. The van der Waals surface area contributed by atoms with Crippen LogP contribution in [-0.2, 0) is 11.6 Å². The summed E-state index contributed by atoms with van der Waals surface area (Å²) in [4.78, 5) is 0. The Labute approximate surface area is 112 Å². The van der Waals surface area contributed by atoms with Crippen molar-refractivity contribution in [2.24, 2.45) is 5.92 Å². The van der Waals surface area contributed by atoms with E-state index < -0.39 is 11.7 Å². The van der Waals surface area contributed by atoms with Crippen molar-refractivity contribution in [1.82, 2.24) is 5.32 Å². The zero-order valence-corrected chi connectivity index (χ0v) is 11.3. The molecule has 0 heterocycles. The first kappa shape index (κ1) is 14.4. The van der Waals surface area contributed by atoms with Crippen LogP contribution in [0.4, 0.5) is 13.2 Å². The van der Waals surface area contributed by atoms with E-state index >= 15 is 0 Å². The van der Waals surface area contributed by atoms with Crippen LogP contribution >= 0.6 is 0 Å². The van der Waals surface area contributed by atoms with Crippen LogP contribution in [0.2, 0.25) is 0 Å². The molecule has 0 spiro atoms. The van der Waals surface area contributed by atoms with Crippen LogP contribution in [0.25, 0.3) is 0 Å². The molecule has 1 nitrogen and oxygen atoms in total. The van der Waals surface area contributed by atoms with E-state index in [-0.39, 0.29) is 5.41 Å². The Hall–Kier alpha value is -1.03. The summed E-state index contributed by atoms with van der Waals surface area (Å²) in [5, 5.41) is 3.29. The Bertz CT molecular complexity index is 433. The Kier molecular flexibility index (Phi) is 3.90. The van der Waals surface area contributed by atoms with Crippen LogP contribution in [-0.4, -0.2) is 13.1 Å². The molecule has 0 aliphatic heterocycles. The Morgan fingerprint density at radius 3 is 2.53 bits per heavy atom. The second kappa shape index (κ2) is 5.16. The van der Waals surface area contributed by atoms with Crippen molar-refractivity contribution in [2.45, 2.75) is 38.3 Å². The Morgan fingerprint density at radius 2 is 2.00 bits per heavy atom. The normalized spacial score (nSPS) is 27.1. The van der Waals surface area contributed by atoms with Crippen molar-refractivity contribution in [2.75, 3.05) is 13.1 Å². The second-order valence-electron chi connectivity index (χ2n) is 5.65.